The van der Waals surface area contributed by atoms with Crippen molar-refractivity contribution in [2.45, 2.75) is 58.5 Å². The summed E-state index contributed by atoms with van der Waals surface area (Å²) in [4.78, 5) is 23.3. The Bertz CT molecular complexity index is 310. The minimum absolute atomic E-state index is 0.00185. The van der Waals surface area contributed by atoms with E-state index in [1.54, 1.807) is 0 Å². The van der Waals surface area contributed by atoms with E-state index >= 15 is 0 Å². The minimum Gasteiger partial charge on any atom is -0.396 e. The molecule has 0 saturated heterocycles. The second-order valence-corrected chi connectivity index (χ2v) is 5.25. The van der Waals surface area contributed by atoms with Crippen molar-refractivity contribution in [1.29, 1.82) is 0 Å². The van der Waals surface area contributed by atoms with Gasteiger partial charge in [-0.3, -0.25) is 4.79 Å². The van der Waals surface area contributed by atoms with Crippen molar-refractivity contribution in [1.82, 2.24) is 10.6 Å². The summed E-state index contributed by atoms with van der Waals surface area (Å²) in [7, 11) is 0. The van der Waals surface area contributed by atoms with Crippen molar-refractivity contribution in [2.75, 3.05) is 6.61 Å². The summed E-state index contributed by atoms with van der Waals surface area (Å²) >= 11 is 0. The summed E-state index contributed by atoms with van der Waals surface area (Å²) in [5, 5.41) is 14.4. The van der Waals surface area contributed by atoms with Gasteiger partial charge in [-0.05, 0) is 25.7 Å². The van der Waals surface area contributed by atoms with Crippen molar-refractivity contribution in [2.24, 2.45) is 11.7 Å². The van der Waals surface area contributed by atoms with Crippen LogP contribution in [0.2, 0.25) is 0 Å². The highest BCUT2D eigenvalue weighted by Crippen LogP contribution is 2.16. The number of nitrogens with one attached hydrogen (secondary N) is 2. The largest absolute Gasteiger partial charge is 0.396 e. The average molecular weight is 273 g/mol. The molecule has 3 unspecified atom stereocenters. The lowest BCUT2D eigenvalue weighted by molar-refractivity contribution is -0.126. The summed E-state index contributed by atoms with van der Waals surface area (Å²) < 4.78 is 0. The molecule has 0 aromatic rings. The van der Waals surface area contributed by atoms with Crippen molar-refractivity contribution in [3.63, 3.8) is 0 Å². The highest BCUT2D eigenvalue weighted by molar-refractivity contribution is 5.87. The van der Waals surface area contributed by atoms with Gasteiger partial charge < -0.3 is 21.5 Å². The van der Waals surface area contributed by atoms with Gasteiger partial charge in [-0.1, -0.05) is 27.2 Å². The van der Waals surface area contributed by atoms with E-state index < -0.39 is 17.6 Å². The molecule has 6 nitrogen and oxygen atoms in total. The van der Waals surface area contributed by atoms with Crippen LogP contribution in [0.5, 0.6) is 0 Å². The number of amides is 3. The molecule has 5 N–H and O–H groups in total. The van der Waals surface area contributed by atoms with Crippen molar-refractivity contribution in [3.05, 3.63) is 0 Å². The standard InChI is InChI=1S/C13H27N3O3/c1-5-9(3)10(15-12(14)19)11(18)16-13(4,6-2)7-8-17/h9-10,17H,5-8H2,1-4H3,(H,16,18)(H3,14,15,19). The van der Waals surface area contributed by atoms with E-state index in [-0.39, 0.29) is 18.4 Å². The maximum absolute atomic E-state index is 12.3. The third-order valence-corrected chi connectivity index (χ3v) is 3.66. The quantitative estimate of drug-likeness (QED) is 0.524. The number of carbonyl (C=O) groups excluding carboxylic acids is 2. The second kappa shape index (κ2) is 7.99. The molecular weight excluding hydrogens is 246 g/mol. The van der Waals surface area contributed by atoms with Crippen LogP contribution in [0.4, 0.5) is 4.79 Å². The van der Waals surface area contributed by atoms with Gasteiger partial charge in [-0.2, -0.15) is 0 Å². The highest BCUT2D eigenvalue weighted by Gasteiger charge is 2.31. The monoisotopic (exact) mass is 273 g/mol. The van der Waals surface area contributed by atoms with Gasteiger partial charge in [0.05, 0.1) is 0 Å². The number of rotatable bonds is 8. The van der Waals surface area contributed by atoms with Crippen molar-refractivity contribution < 1.29 is 14.7 Å². The van der Waals surface area contributed by atoms with Crippen molar-refractivity contribution >= 4 is 11.9 Å². The van der Waals surface area contributed by atoms with Gasteiger partial charge in [0.1, 0.15) is 6.04 Å². The van der Waals surface area contributed by atoms with E-state index in [9.17, 15) is 9.59 Å². The van der Waals surface area contributed by atoms with E-state index in [1.165, 1.54) is 0 Å². The Morgan fingerprint density at radius 2 is 1.95 bits per heavy atom. The first kappa shape index (κ1) is 17.7. The number of urea groups is 1. The zero-order chi connectivity index (χ0) is 15.1. The Labute approximate surface area is 115 Å². The van der Waals surface area contributed by atoms with Crippen LogP contribution in [0.3, 0.4) is 0 Å². The number of aliphatic hydroxyl groups is 1. The Kier molecular flexibility index (Phi) is 7.44. The predicted molar refractivity (Wildman–Crippen MR) is 74.5 cm³/mol. The molecule has 0 aliphatic carbocycles. The van der Waals surface area contributed by atoms with Gasteiger partial charge in [0.2, 0.25) is 5.91 Å². The molecule has 0 aromatic heterocycles. The van der Waals surface area contributed by atoms with Crippen LogP contribution in [-0.2, 0) is 4.79 Å². The number of nitrogens with two attached hydrogens (primary N) is 1. The molecule has 0 aromatic carbocycles. The predicted octanol–water partition coefficient (Wildman–Crippen LogP) is 0.737. The lowest BCUT2D eigenvalue weighted by atomic mass is 9.92. The zero-order valence-corrected chi connectivity index (χ0v) is 12.3. The minimum atomic E-state index is -0.708. The summed E-state index contributed by atoms with van der Waals surface area (Å²) in [6.45, 7) is 7.65. The Morgan fingerprint density at radius 3 is 2.32 bits per heavy atom. The second-order valence-electron chi connectivity index (χ2n) is 5.25. The van der Waals surface area contributed by atoms with E-state index in [4.69, 9.17) is 10.8 Å². The average Bonchev–Trinajstić information content (AvgIpc) is 2.34. The van der Waals surface area contributed by atoms with E-state index in [1.807, 2.05) is 27.7 Å². The topological polar surface area (TPSA) is 104 Å². The molecule has 0 aliphatic rings. The number of hydrogen-bond acceptors (Lipinski definition) is 3. The highest BCUT2D eigenvalue weighted by atomic mass is 16.3. The fourth-order valence-corrected chi connectivity index (χ4v) is 1.80. The molecule has 0 rings (SSSR count). The van der Waals surface area contributed by atoms with E-state index in [2.05, 4.69) is 10.6 Å². The molecule has 3 amide bonds. The van der Waals surface area contributed by atoms with Gasteiger partial charge >= 0.3 is 6.03 Å². The summed E-state index contributed by atoms with van der Waals surface area (Å²) in [5.41, 5.74) is 4.63. The molecule has 3 atom stereocenters. The first-order valence-corrected chi connectivity index (χ1v) is 6.78. The maximum Gasteiger partial charge on any atom is 0.312 e. The zero-order valence-electron chi connectivity index (χ0n) is 12.3. The molecule has 0 heterocycles. The molecule has 0 spiro atoms. The normalized spacial score (nSPS) is 17.1. The summed E-state index contributed by atoms with van der Waals surface area (Å²) in [6, 6.07) is -1.35. The van der Waals surface area contributed by atoms with Crippen LogP contribution in [0.15, 0.2) is 0 Å². The van der Waals surface area contributed by atoms with Crippen molar-refractivity contribution in [3.8, 4) is 0 Å². The molecule has 6 heteroatoms. The molecular formula is C13H27N3O3. The molecule has 19 heavy (non-hydrogen) atoms. The number of hydrogen-bond donors (Lipinski definition) is 4. The first-order valence-electron chi connectivity index (χ1n) is 6.78. The van der Waals surface area contributed by atoms with Crippen LogP contribution in [-0.4, -0.2) is 35.2 Å². The van der Waals surface area contributed by atoms with Crippen LogP contribution in [0, 0.1) is 5.92 Å². The number of aliphatic hydroxyl groups excluding tert-OH is 1. The third kappa shape index (κ3) is 5.92. The molecule has 0 bridgehead atoms. The number of carbonyl (C=O) groups is 2. The molecule has 0 fully saturated rings. The van der Waals surface area contributed by atoms with Gasteiger partial charge in [0.25, 0.3) is 0 Å². The van der Waals surface area contributed by atoms with Gasteiger partial charge in [0.15, 0.2) is 0 Å². The van der Waals surface area contributed by atoms with Gasteiger partial charge in [0, 0.05) is 12.1 Å². The Hall–Kier alpha value is -1.30. The van der Waals surface area contributed by atoms with Gasteiger partial charge in [-0.15, -0.1) is 0 Å². The lowest BCUT2D eigenvalue weighted by Gasteiger charge is -2.32. The molecule has 112 valence electrons. The smallest absolute Gasteiger partial charge is 0.312 e. The van der Waals surface area contributed by atoms with Crippen LogP contribution in [0.25, 0.3) is 0 Å². The summed E-state index contributed by atoms with van der Waals surface area (Å²) in [5.74, 6) is -0.270. The van der Waals surface area contributed by atoms with Gasteiger partial charge in [-0.25, -0.2) is 4.79 Å². The molecule has 0 radical (unpaired) electrons. The summed E-state index contributed by atoms with van der Waals surface area (Å²) in [6.07, 6.45) is 1.92. The maximum atomic E-state index is 12.3. The third-order valence-electron chi connectivity index (χ3n) is 3.66. The SMILES string of the molecule is CCC(C)C(NC(N)=O)C(=O)NC(C)(CC)CCO. The van der Waals surface area contributed by atoms with E-state index in [0.717, 1.165) is 6.42 Å². The Balaban J connectivity index is 4.84. The Morgan fingerprint density at radius 1 is 1.37 bits per heavy atom. The number of primary amides is 1. The van der Waals surface area contributed by atoms with E-state index in [0.29, 0.717) is 12.8 Å². The van der Waals surface area contributed by atoms with Crippen LogP contribution in [0.1, 0.15) is 47.0 Å². The fourth-order valence-electron chi connectivity index (χ4n) is 1.80. The molecule has 0 saturated carbocycles. The lowest BCUT2D eigenvalue weighted by Crippen LogP contribution is -2.57. The first-order chi connectivity index (χ1) is 8.79. The van der Waals surface area contributed by atoms with Crippen LogP contribution < -0.4 is 16.4 Å². The fraction of sp³-hybridized carbons (Fsp3) is 0.846. The van der Waals surface area contributed by atoms with Crippen LogP contribution >= 0.6 is 0 Å². The molecule has 0 aliphatic heterocycles.